The van der Waals surface area contributed by atoms with Crippen molar-refractivity contribution in [2.75, 3.05) is 14.2 Å². The molecule has 0 fully saturated rings. The Labute approximate surface area is 186 Å². The highest BCUT2D eigenvalue weighted by Crippen LogP contribution is 2.33. The first-order valence-electron chi connectivity index (χ1n) is 9.27. The summed E-state index contributed by atoms with van der Waals surface area (Å²) in [5.41, 5.74) is 1.04. The third-order valence-electron chi connectivity index (χ3n) is 4.71. The Morgan fingerprint density at radius 2 is 1.65 bits per heavy atom. The van der Waals surface area contributed by atoms with Crippen molar-refractivity contribution in [3.8, 4) is 28.4 Å². The van der Waals surface area contributed by atoms with E-state index in [-0.39, 0.29) is 5.75 Å². The van der Waals surface area contributed by atoms with Gasteiger partial charge in [0.05, 0.1) is 25.3 Å². The fourth-order valence-corrected chi connectivity index (χ4v) is 3.60. The van der Waals surface area contributed by atoms with Gasteiger partial charge in [-0.3, -0.25) is 0 Å². The molecule has 4 aromatic rings. The summed E-state index contributed by atoms with van der Waals surface area (Å²) >= 11 is 3.33. The molecule has 0 saturated carbocycles. The Morgan fingerprint density at radius 3 is 2.39 bits per heavy atom. The van der Waals surface area contributed by atoms with Gasteiger partial charge in [0.25, 0.3) is 0 Å². The molecule has 0 bridgehead atoms. The number of rotatable bonds is 5. The van der Waals surface area contributed by atoms with Crippen LogP contribution in [0.25, 0.3) is 22.1 Å². The molecule has 0 aliphatic heterocycles. The van der Waals surface area contributed by atoms with Crippen LogP contribution in [0.5, 0.6) is 17.2 Å². The highest BCUT2D eigenvalue weighted by molar-refractivity contribution is 9.10. The van der Waals surface area contributed by atoms with Crippen molar-refractivity contribution in [2.45, 2.75) is 0 Å². The van der Waals surface area contributed by atoms with Crippen molar-refractivity contribution in [1.29, 1.82) is 0 Å². The summed E-state index contributed by atoms with van der Waals surface area (Å²) in [6.07, 6.45) is 0. The SMILES string of the molecule is COc1ccc(OC)c(-c2cc3ccc(OC(=O)c4ccccc4Br)cc3oc2=O)c1. The molecule has 3 aromatic carbocycles. The molecular weight excluding hydrogens is 464 g/mol. The van der Waals surface area contributed by atoms with Crippen molar-refractivity contribution in [1.82, 2.24) is 0 Å². The van der Waals surface area contributed by atoms with Gasteiger partial charge in [-0.1, -0.05) is 12.1 Å². The number of carbonyl (C=O) groups excluding carboxylic acids is 1. The Morgan fingerprint density at radius 1 is 0.871 bits per heavy atom. The lowest BCUT2D eigenvalue weighted by Crippen LogP contribution is -2.09. The Kier molecular flexibility index (Phi) is 5.77. The fourth-order valence-electron chi connectivity index (χ4n) is 3.16. The zero-order valence-electron chi connectivity index (χ0n) is 16.7. The second-order valence-corrected chi connectivity index (χ2v) is 7.44. The number of hydrogen-bond donors (Lipinski definition) is 0. The zero-order chi connectivity index (χ0) is 22.0. The van der Waals surface area contributed by atoms with Gasteiger partial charge >= 0.3 is 11.6 Å². The van der Waals surface area contributed by atoms with Gasteiger partial charge in [-0.2, -0.15) is 0 Å². The molecule has 31 heavy (non-hydrogen) atoms. The van der Waals surface area contributed by atoms with Gasteiger partial charge in [0.15, 0.2) is 0 Å². The molecule has 156 valence electrons. The number of carbonyl (C=O) groups is 1. The fraction of sp³-hybridized carbons (Fsp3) is 0.0833. The second kappa shape index (κ2) is 8.65. The summed E-state index contributed by atoms with van der Waals surface area (Å²) in [4.78, 5) is 25.2. The van der Waals surface area contributed by atoms with Crippen LogP contribution in [0.3, 0.4) is 0 Å². The van der Waals surface area contributed by atoms with E-state index in [2.05, 4.69) is 15.9 Å². The predicted molar refractivity (Wildman–Crippen MR) is 120 cm³/mol. The molecular formula is C24H17BrO6. The van der Waals surface area contributed by atoms with Gasteiger partial charge in [-0.05, 0) is 64.5 Å². The first-order valence-corrected chi connectivity index (χ1v) is 10.1. The Balaban J connectivity index is 1.71. The van der Waals surface area contributed by atoms with E-state index in [4.69, 9.17) is 18.6 Å². The maximum atomic E-state index is 12.7. The second-order valence-electron chi connectivity index (χ2n) is 6.58. The summed E-state index contributed by atoms with van der Waals surface area (Å²) < 4.78 is 22.2. The number of hydrogen-bond acceptors (Lipinski definition) is 6. The van der Waals surface area contributed by atoms with Crippen LogP contribution in [0.4, 0.5) is 0 Å². The molecule has 0 N–H and O–H groups in total. The molecule has 0 saturated heterocycles. The van der Waals surface area contributed by atoms with Gasteiger partial charge in [-0.25, -0.2) is 9.59 Å². The van der Waals surface area contributed by atoms with E-state index in [1.165, 1.54) is 13.2 Å². The van der Waals surface area contributed by atoms with Crippen molar-refractivity contribution >= 4 is 32.9 Å². The smallest absolute Gasteiger partial charge is 0.344 e. The van der Waals surface area contributed by atoms with Crippen LogP contribution in [0.2, 0.25) is 0 Å². The molecule has 0 unspecified atom stereocenters. The summed E-state index contributed by atoms with van der Waals surface area (Å²) in [7, 11) is 3.07. The van der Waals surface area contributed by atoms with Crippen LogP contribution in [-0.2, 0) is 0 Å². The number of halogens is 1. The minimum absolute atomic E-state index is 0.267. The summed E-state index contributed by atoms with van der Waals surface area (Å²) in [5.74, 6) is 0.853. The summed E-state index contributed by atoms with van der Waals surface area (Å²) in [6, 6.07) is 18.7. The lowest BCUT2D eigenvalue weighted by molar-refractivity contribution is 0.0734. The molecule has 6 nitrogen and oxygen atoms in total. The van der Waals surface area contributed by atoms with Gasteiger partial charge in [0, 0.05) is 21.5 Å². The number of methoxy groups -OCH3 is 2. The largest absolute Gasteiger partial charge is 0.497 e. The van der Waals surface area contributed by atoms with E-state index in [0.29, 0.717) is 43.6 Å². The average Bonchev–Trinajstić information content (AvgIpc) is 2.78. The maximum Gasteiger partial charge on any atom is 0.344 e. The average molecular weight is 481 g/mol. The first-order chi connectivity index (χ1) is 15.0. The van der Waals surface area contributed by atoms with E-state index in [0.717, 1.165) is 0 Å². The lowest BCUT2D eigenvalue weighted by atomic mass is 10.0. The molecule has 0 aliphatic carbocycles. The molecule has 0 amide bonds. The Bertz CT molecular complexity index is 1340. The van der Waals surface area contributed by atoms with Gasteiger partial charge in [0.2, 0.25) is 0 Å². The molecule has 0 radical (unpaired) electrons. The number of ether oxygens (including phenoxy) is 3. The number of fused-ring (bicyclic) bond motifs is 1. The molecule has 0 spiro atoms. The van der Waals surface area contributed by atoms with Crippen molar-refractivity contribution in [3.63, 3.8) is 0 Å². The van der Waals surface area contributed by atoms with Crippen LogP contribution in [0.1, 0.15) is 10.4 Å². The van der Waals surface area contributed by atoms with Crippen LogP contribution in [-0.4, -0.2) is 20.2 Å². The molecule has 1 aromatic heterocycles. The molecule has 1 heterocycles. The van der Waals surface area contributed by atoms with E-state index in [1.807, 2.05) is 0 Å². The minimum Gasteiger partial charge on any atom is -0.497 e. The third-order valence-corrected chi connectivity index (χ3v) is 5.40. The van der Waals surface area contributed by atoms with Crippen LogP contribution >= 0.6 is 15.9 Å². The predicted octanol–water partition coefficient (Wildman–Crippen LogP) is 5.46. The normalized spacial score (nSPS) is 10.7. The number of benzene rings is 3. The van der Waals surface area contributed by atoms with E-state index >= 15 is 0 Å². The molecule has 0 atom stereocenters. The summed E-state index contributed by atoms with van der Waals surface area (Å²) in [5, 5.41) is 0.667. The van der Waals surface area contributed by atoms with E-state index < -0.39 is 11.6 Å². The third kappa shape index (κ3) is 4.18. The highest BCUT2D eigenvalue weighted by atomic mass is 79.9. The molecule has 7 heteroatoms. The zero-order valence-corrected chi connectivity index (χ0v) is 18.3. The van der Waals surface area contributed by atoms with E-state index in [1.54, 1.807) is 67.8 Å². The number of esters is 1. The molecule has 4 rings (SSSR count). The maximum absolute atomic E-state index is 12.7. The quantitative estimate of drug-likeness (QED) is 0.214. The van der Waals surface area contributed by atoms with Crippen molar-refractivity contribution in [3.05, 3.63) is 87.2 Å². The summed E-state index contributed by atoms with van der Waals surface area (Å²) in [6.45, 7) is 0. The van der Waals surface area contributed by atoms with Gasteiger partial charge in [0.1, 0.15) is 22.8 Å². The minimum atomic E-state index is -0.548. The van der Waals surface area contributed by atoms with Gasteiger partial charge < -0.3 is 18.6 Å². The van der Waals surface area contributed by atoms with Crippen LogP contribution in [0, 0.1) is 0 Å². The van der Waals surface area contributed by atoms with Gasteiger partial charge in [-0.15, -0.1) is 0 Å². The van der Waals surface area contributed by atoms with Crippen LogP contribution < -0.4 is 19.8 Å². The van der Waals surface area contributed by atoms with Crippen molar-refractivity contribution < 1.29 is 23.4 Å². The topological polar surface area (TPSA) is 75.0 Å². The van der Waals surface area contributed by atoms with Crippen molar-refractivity contribution in [2.24, 2.45) is 0 Å². The van der Waals surface area contributed by atoms with Crippen LogP contribution in [0.15, 0.2) is 80.4 Å². The lowest BCUT2D eigenvalue weighted by Gasteiger charge is -2.11. The molecule has 0 aliphatic rings. The first kappa shape index (κ1) is 20.7. The monoisotopic (exact) mass is 480 g/mol. The van der Waals surface area contributed by atoms with E-state index in [9.17, 15) is 9.59 Å². The highest BCUT2D eigenvalue weighted by Gasteiger charge is 2.16. The Hall–Kier alpha value is -3.58. The standard InChI is InChI=1S/C24H17BrO6/c1-28-15-9-10-21(29-2)18(12-15)19-11-14-7-8-16(13-22(14)31-24(19)27)30-23(26)17-5-3-4-6-20(17)25/h3-13H,1-2H3.